The van der Waals surface area contributed by atoms with Crippen LogP contribution in [0.2, 0.25) is 0 Å². The molecule has 0 unspecified atom stereocenters. The van der Waals surface area contributed by atoms with E-state index >= 15 is 0 Å². The summed E-state index contributed by atoms with van der Waals surface area (Å²) in [6.45, 7) is 1.82. The van der Waals surface area contributed by atoms with Crippen LogP contribution in [-0.4, -0.2) is 40.1 Å². The fraction of sp³-hybridized carbons (Fsp3) is 0.200. The van der Waals surface area contributed by atoms with Crippen LogP contribution in [0.25, 0.3) is 39.1 Å². The minimum Gasteiger partial charge on any atom is -0.508 e. The number of fused-ring (bicyclic) bond motifs is 5. The summed E-state index contributed by atoms with van der Waals surface area (Å²) in [6.07, 6.45) is 7.61. The second-order valence-corrected chi connectivity index (χ2v) is 7.53. The zero-order valence-electron chi connectivity index (χ0n) is 15.5. The van der Waals surface area contributed by atoms with E-state index in [1.807, 2.05) is 22.2 Å². The monoisotopic (exact) mass is 387 g/mol. The van der Waals surface area contributed by atoms with Crippen molar-refractivity contribution < 1.29 is 9.90 Å². The number of nitrogens with two attached hydrogens (primary N) is 1. The number of benzene rings is 1. The van der Waals surface area contributed by atoms with Gasteiger partial charge in [0.2, 0.25) is 0 Å². The van der Waals surface area contributed by atoms with E-state index in [2.05, 4.69) is 15.1 Å². The summed E-state index contributed by atoms with van der Waals surface area (Å²) in [5, 5.41) is 15.2. The van der Waals surface area contributed by atoms with Gasteiger partial charge in [0.05, 0.1) is 39.8 Å². The van der Waals surface area contributed by atoms with Gasteiger partial charge in [0.15, 0.2) is 11.5 Å². The lowest BCUT2D eigenvalue weighted by atomic mass is 10.2. The van der Waals surface area contributed by atoms with Gasteiger partial charge in [-0.15, -0.1) is 0 Å². The summed E-state index contributed by atoms with van der Waals surface area (Å²) in [7, 11) is 0. The summed E-state index contributed by atoms with van der Waals surface area (Å²) in [5.41, 5.74) is 10.1. The van der Waals surface area contributed by atoms with Crippen molar-refractivity contribution in [1.82, 2.24) is 29.1 Å². The highest BCUT2D eigenvalue weighted by atomic mass is 16.3. The van der Waals surface area contributed by atoms with Crippen molar-refractivity contribution in [2.75, 3.05) is 0 Å². The lowest BCUT2D eigenvalue weighted by Crippen LogP contribution is -2.11. The molecule has 0 bridgehead atoms. The zero-order valence-corrected chi connectivity index (χ0v) is 15.5. The fourth-order valence-electron chi connectivity index (χ4n) is 3.99. The Morgan fingerprint density at radius 3 is 2.90 bits per heavy atom. The number of hydrogen-bond donors (Lipinski definition) is 3. The van der Waals surface area contributed by atoms with Crippen LogP contribution in [0, 0.1) is 6.92 Å². The Kier molecular flexibility index (Phi) is 2.97. The second kappa shape index (κ2) is 5.34. The maximum Gasteiger partial charge on any atom is 0.253 e. The van der Waals surface area contributed by atoms with E-state index in [1.165, 1.54) is 0 Å². The Morgan fingerprint density at radius 2 is 2.14 bits per heavy atom. The first kappa shape index (κ1) is 16.1. The van der Waals surface area contributed by atoms with Gasteiger partial charge in [-0.3, -0.25) is 13.9 Å². The molecule has 0 atom stereocenters. The van der Waals surface area contributed by atoms with Crippen LogP contribution in [0.1, 0.15) is 34.8 Å². The molecule has 0 spiro atoms. The fourth-order valence-corrected chi connectivity index (χ4v) is 3.99. The first-order valence-electron chi connectivity index (χ1n) is 9.38. The molecule has 9 nitrogen and oxygen atoms in total. The molecule has 1 aliphatic carbocycles. The van der Waals surface area contributed by atoms with E-state index in [-0.39, 0.29) is 5.75 Å². The number of aryl methyl sites for hydroxylation is 1. The van der Waals surface area contributed by atoms with Crippen molar-refractivity contribution in [1.29, 1.82) is 0 Å². The molecule has 0 radical (unpaired) electrons. The van der Waals surface area contributed by atoms with Gasteiger partial charge < -0.3 is 15.8 Å². The number of carbonyl (C=O) groups excluding carboxylic acids is 1. The molecule has 29 heavy (non-hydrogen) atoms. The Morgan fingerprint density at radius 1 is 1.31 bits per heavy atom. The number of aromatic hydroxyl groups is 1. The highest BCUT2D eigenvalue weighted by molar-refractivity contribution is 6.13. The number of nitrogens with zero attached hydrogens (tertiary/aromatic N) is 5. The van der Waals surface area contributed by atoms with Crippen molar-refractivity contribution in [3.05, 3.63) is 41.9 Å². The standard InChI is InChI=1S/C20H17N7O2/c1-9-14(28)5-4-13-16(9)27-19-12(15(17(21)29)20(27)24-13)7-22-18(25-19)10-6-23-26(8-10)11-2-3-11/h4-8,11,24,28H,2-3H2,1H3,(H2,21,29). The third-order valence-corrected chi connectivity index (χ3v) is 5.62. The number of aromatic nitrogens is 6. The predicted octanol–water partition coefficient (Wildman–Crippen LogP) is 2.68. The normalized spacial score (nSPS) is 14.4. The molecule has 4 aromatic heterocycles. The lowest BCUT2D eigenvalue weighted by molar-refractivity contribution is 0.100. The molecular weight excluding hydrogens is 370 g/mol. The molecule has 1 amide bonds. The number of aromatic amines is 1. The number of phenols is 1. The van der Waals surface area contributed by atoms with Crippen LogP contribution in [0.3, 0.4) is 0 Å². The Labute approximate surface area is 163 Å². The summed E-state index contributed by atoms with van der Waals surface area (Å²) >= 11 is 0. The van der Waals surface area contributed by atoms with Gasteiger partial charge in [0, 0.05) is 18.0 Å². The molecule has 6 rings (SSSR count). The topological polar surface area (TPSA) is 127 Å². The molecule has 5 aromatic rings. The van der Waals surface area contributed by atoms with Gasteiger partial charge in [-0.2, -0.15) is 5.10 Å². The molecule has 1 aliphatic rings. The highest BCUT2D eigenvalue weighted by Crippen LogP contribution is 2.36. The minimum absolute atomic E-state index is 0.167. The lowest BCUT2D eigenvalue weighted by Gasteiger charge is -2.03. The smallest absolute Gasteiger partial charge is 0.253 e. The highest BCUT2D eigenvalue weighted by Gasteiger charge is 2.26. The molecule has 4 N–H and O–H groups in total. The quantitative estimate of drug-likeness (QED) is 0.439. The van der Waals surface area contributed by atoms with Crippen molar-refractivity contribution in [3.8, 4) is 17.1 Å². The summed E-state index contributed by atoms with van der Waals surface area (Å²) < 4.78 is 3.77. The van der Waals surface area contributed by atoms with E-state index in [1.54, 1.807) is 24.5 Å². The molecule has 0 aliphatic heterocycles. The average molecular weight is 387 g/mol. The number of primary amides is 1. The van der Waals surface area contributed by atoms with Crippen molar-refractivity contribution >= 4 is 33.6 Å². The molecule has 1 saturated carbocycles. The minimum atomic E-state index is -0.566. The molecule has 1 aromatic carbocycles. The number of imidazole rings is 1. The average Bonchev–Trinajstić information content (AvgIpc) is 3.18. The molecule has 4 heterocycles. The zero-order chi connectivity index (χ0) is 19.9. The molecule has 144 valence electrons. The van der Waals surface area contributed by atoms with Crippen LogP contribution < -0.4 is 5.73 Å². The summed E-state index contributed by atoms with van der Waals surface area (Å²) in [6, 6.07) is 3.85. The van der Waals surface area contributed by atoms with E-state index in [0.29, 0.717) is 39.7 Å². The van der Waals surface area contributed by atoms with Crippen molar-refractivity contribution in [3.63, 3.8) is 0 Å². The maximum atomic E-state index is 12.2. The van der Waals surface area contributed by atoms with Gasteiger partial charge in [-0.05, 0) is 31.9 Å². The molecular formula is C20H17N7O2. The van der Waals surface area contributed by atoms with Gasteiger partial charge in [-0.25, -0.2) is 9.97 Å². The largest absolute Gasteiger partial charge is 0.508 e. The predicted molar refractivity (Wildman–Crippen MR) is 107 cm³/mol. The van der Waals surface area contributed by atoms with Crippen LogP contribution in [-0.2, 0) is 0 Å². The Hall–Kier alpha value is -3.88. The number of rotatable bonds is 3. The van der Waals surface area contributed by atoms with E-state index < -0.39 is 5.91 Å². The summed E-state index contributed by atoms with van der Waals surface area (Å²) in [5.74, 6) is 0.122. The van der Waals surface area contributed by atoms with Gasteiger partial charge in [-0.1, -0.05) is 0 Å². The Balaban J connectivity index is 1.70. The van der Waals surface area contributed by atoms with Crippen molar-refractivity contribution in [2.45, 2.75) is 25.8 Å². The molecule has 9 heteroatoms. The van der Waals surface area contributed by atoms with E-state index in [9.17, 15) is 9.90 Å². The van der Waals surface area contributed by atoms with Crippen LogP contribution in [0.15, 0.2) is 30.7 Å². The van der Waals surface area contributed by atoms with E-state index in [4.69, 9.17) is 10.7 Å². The number of nitrogens with one attached hydrogen (secondary N) is 1. The Bertz CT molecular complexity index is 1470. The number of amides is 1. The van der Waals surface area contributed by atoms with Gasteiger partial charge in [0.25, 0.3) is 5.91 Å². The second-order valence-electron chi connectivity index (χ2n) is 7.53. The van der Waals surface area contributed by atoms with Crippen LogP contribution in [0.4, 0.5) is 0 Å². The first-order chi connectivity index (χ1) is 14.0. The number of H-pyrrole nitrogens is 1. The number of phenolic OH excluding ortho intramolecular Hbond substituents is 1. The maximum absolute atomic E-state index is 12.2. The molecule has 0 saturated heterocycles. The molecule has 1 fully saturated rings. The van der Waals surface area contributed by atoms with E-state index in [0.717, 1.165) is 29.4 Å². The van der Waals surface area contributed by atoms with Crippen LogP contribution >= 0.6 is 0 Å². The first-order valence-corrected chi connectivity index (χ1v) is 9.38. The van der Waals surface area contributed by atoms with Crippen LogP contribution in [0.5, 0.6) is 5.75 Å². The SMILES string of the molecule is Cc1c(O)ccc2[nH]c3c(C(N)=O)c4cnc(-c5cnn(C6CC6)c5)nc4n3c12. The van der Waals surface area contributed by atoms with Crippen molar-refractivity contribution in [2.24, 2.45) is 5.73 Å². The number of carbonyl (C=O) groups is 1. The third-order valence-electron chi connectivity index (χ3n) is 5.62. The number of hydrogen-bond acceptors (Lipinski definition) is 5. The van der Waals surface area contributed by atoms with Gasteiger partial charge >= 0.3 is 0 Å². The third kappa shape index (κ3) is 2.15. The van der Waals surface area contributed by atoms with Gasteiger partial charge in [0.1, 0.15) is 11.4 Å². The summed E-state index contributed by atoms with van der Waals surface area (Å²) in [4.78, 5) is 24.7.